The summed E-state index contributed by atoms with van der Waals surface area (Å²) in [5, 5.41) is 14.8. The lowest BCUT2D eigenvalue weighted by atomic mass is 9.95. The van der Waals surface area contributed by atoms with Crippen LogP contribution in [0.15, 0.2) is 35.1 Å². The van der Waals surface area contributed by atoms with Crippen LogP contribution in [0.25, 0.3) is 0 Å². The minimum Gasteiger partial charge on any atom is -0.377 e. The van der Waals surface area contributed by atoms with Crippen LogP contribution < -0.4 is 0 Å². The average molecular weight is 296 g/mol. The molecule has 90 valence electrons. The number of nitrogens with zero attached hydrogens (tertiary/aromatic N) is 3. The van der Waals surface area contributed by atoms with Crippen LogP contribution in [0.4, 0.5) is 0 Å². The van der Waals surface area contributed by atoms with Crippen molar-refractivity contribution in [2.75, 3.05) is 0 Å². The fourth-order valence-electron chi connectivity index (χ4n) is 1.85. The molecule has 0 saturated heterocycles. The molecule has 1 aromatic heterocycles. The van der Waals surface area contributed by atoms with E-state index in [-0.39, 0.29) is 0 Å². The summed E-state index contributed by atoms with van der Waals surface area (Å²) in [7, 11) is 0. The molecule has 0 fully saturated rings. The standard InChI is InChI=1S/C12H14BrN3O/c1-3-16-11(14-8-15-16)12(2,17)9-6-4-5-7-10(9)13/h4-8,17H,3H2,1-2H3. The highest BCUT2D eigenvalue weighted by Crippen LogP contribution is 2.32. The van der Waals surface area contributed by atoms with Crippen LogP contribution in [0, 0.1) is 0 Å². The number of aliphatic hydroxyl groups is 1. The van der Waals surface area contributed by atoms with Crippen LogP contribution in [0.1, 0.15) is 25.2 Å². The fourth-order valence-corrected chi connectivity index (χ4v) is 2.52. The van der Waals surface area contributed by atoms with E-state index in [4.69, 9.17) is 0 Å². The molecule has 0 radical (unpaired) electrons. The summed E-state index contributed by atoms with van der Waals surface area (Å²) in [5.74, 6) is 0.548. The summed E-state index contributed by atoms with van der Waals surface area (Å²) >= 11 is 3.45. The molecule has 5 heteroatoms. The predicted molar refractivity (Wildman–Crippen MR) is 68.5 cm³/mol. The molecule has 1 heterocycles. The normalized spacial score (nSPS) is 14.6. The quantitative estimate of drug-likeness (QED) is 0.945. The van der Waals surface area contributed by atoms with Gasteiger partial charge in [0.2, 0.25) is 0 Å². The Morgan fingerprint density at radius 3 is 2.76 bits per heavy atom. The van der Waals surface area contributed by atoms with Crippen LogP contribution >= 0.6 is 15.9 Å². The van der Waals surface area contributed by atoms with Gasteiger partial charge < -0.3 is 5.11 Å². The van der Waals surface area contributed by atoms with Crippen LogP contribution in [0.3, 0.4) is 0 Å². The zero-order chi connectivity index (χ0) is 12.5. The number of aryl methyl sites for hydroxylation is 1. The second kappa shape index (κ2) is 4.58. The summed E-state index contributed by atoms with van der Waals surface area (Å²) in [6, 6.07) is 7.57. The Labute approximate surface area is 108 Å². The highest BCUT2D eigenvalue weighted by Gasteiger charge is 2.32. The van der Waals surface area contributed by atoms with Crippen molar-refractivity contribution in [2.24, 2.45) is 0 Å². The van der Waals surface area contributed by atoms with E-state index < -0.39 is 5.60 Å². The number of benzene rings is 1. The first-order valence-corrected chi connectivity index (χ1v) is 6.22. The smallest absolute Gasteiger partial charge is 0.163 e. The van der Waals surface area contributed by atoms with E-state index in [2.05, 4.69) is 26.0 Å². The summed E-state index contributed by atoms with van der Waals surface area (Å²) < 4.78 is 2.55. The number of halogens is 1. The van der Waals surface area contributed by atoms with Gasteiger partial charge >= 0.3 is 0 Å². The third-order valence-electron chi connectivity index (χ3n) is 2.75. The monoisotopic (exact) mass is 295 g/mol. The lowest BCUT2D eigenvalue weighted by Crippen LogP contribution is -2.28. The minimum atomic E-state index is -1.16. The van der Waals surface area contributed by atoms with E-state index in [0.29, 0.717) is 12.4 Å². The molecule has 4 nitrogen and oxygen atoms in total. The molecule has 2 aromatic rings. The van der Waals surface area contributed by atoms with E-state index in [1.807, 2.05) is 31.2 Å². The second-order valence-electron chi connectivity index (χ2n) is 3.95. The van der Waals surface area contributed by atoms with Gasteiger partial charge in [-0.05, 0) is 19.9 Å². The van der Waals surface area contributed by atoms with Crippen molar-refractivity contribution in [2.45, 2.75) is 26.0 Å². The summed E-state index contributed by atoms with van der Waals surface area (Å²) in [6.45, 7) is 4.37. The van der Waals surface area contributed by atoms with E-state index in [9.17, 15) is 5.11 Å². The van der Waals surface area contributed by atoms with Gasteiger partial charge in [0.25, 0.3) is 0 Å². The lowest BCUT2D eigenvalue weighted by molar-refractivity contribution is 0.0861. The zero-order valence-electron chi connectivity index (χ0n) is 9.76. The molecule has 0 aliphatic carbocycles. The number of aromatic nitrogens is 3. The Morgan fingerprint density at radius 2 is 2.12 bits per heavy atom. The van der Waals surface area contributed by atoms with Crippen LogP contribution in [-0.2, 0) is 12.1 Å². The summed E-state index contributed by atoms with van der Waals surface area (Å²) in [6.07, 6.45) is 1.46. The van der Waals surface area contributed by atoms with Gasteiger partial charge in [0, 0.05) is 16.6 Å². The lowest BCUT2D eigenvalue weighted by Gasteiger charge is -2.24. The predicted octanol–water partition coefficient (Wildman–Crippen LogP) is 2.32. The first kappa shape index (κ1) is 12.3. The minimum absolute atomic E-state index is 0.548. The van der Waals surface area contributed by atoms with E-state index in [1.165, 1.54) is 6.33 Å². The van der Waals surface area contributed by atoms with Gasteiger partial charge in [-0.2, -0.15) is 5.10 Å². The zero-order valence-corrected chi connectivity index (χ0v) is 11.3. The Morgan fingerprint density at radius 1 is 1.41 bits per heavy atom. The van der Waals surface area contributed by atoms with Gasteiger partial charge in [-0.25, -0.2) is 9.67 Å². The van der Waals surface area contributed by atoms with Gasteiger partial charge in [0.05, 0.1) is 0 Å². The van der Waals surface area contributed by atoms with Gasteiger partial charge in [-0.1, -0.05) is 34.1 Å². The van der Waals surface area contributed by atoms with Gasteiger partial charge in [-0.3, -0.25) is 0 Å². The first-order valence-electron chi connectivity index (χ1n) is 5.43. The molecule has 1 aromatic carbocycles. The highest BCUT2D eigenvalue weighted by atomic mass is 79.9. The molecular weight excluding hydrogens is 282 g/mol. The van der Waals surface area contributed by atoms with Crippen molar-refractivity contribution in [1.29, 1.82) is 0 Å². The molecule has 0 aliphatic rings. The number of rotatable bonds is 3. The van der Waals surface area contributed by atoms with Crippen molar-refractivity contribution in [3.05, 3.63) is 46.5 Å². The maximum atomic E-state index is 10.7. The summed E-state index contributed by atoms with van der Waals surface area (Å²) in [4.78, 5) is 4.16. The van der Waals surface area contributed by atoms with Gasteiger partial charge in [0.15, 0.2) is 5.82 Å². The second-order valence-corrected chi connectivity index (χ2v) is 4.81. The fraction of sp³-hybridized carbons (Fsp3) is 0.333. The van der Waals surface area contributed by atoms with Crippen molar-refractivity contribution in [1.82, 2.24) is 14.8 Å². The Bertz CT molecular complexity index is 522. The van der Waals surface area contributed by atoms with Crippen LogP contribution in [-0.4, -0.2) is 19.9 Å². The largest absolute Gasteiger partial charge is 0.377 e. The molecule has 17 heavy (non-hydrogen) atoms. The SMILES string of the molecule is CCn1ncnc1C(C)(O)c1ccccc1Br. The van der Waals surface area contributed by atoms with Crippen molar-refractivity contribution in [3.63, 3.8) is 0 Å². The maximum Gasteiger partial charge on any atom is 0.163 e. The third kappa shape index (κ3) is 2.12. The van der Waals surface area contributed by atoms with Gasteiger partial charge in [-0.15, -0.1) is 0 Å². The molecular formula is C12H14BrN3O. The topological polar surface area (TPSA) is 50.9 Å². The molecule has 0 amide bonds. The van der Waals surface area contributed by atoms with Crippen molar-refractivity contribution >= 4 is 15.9 Å². The van der Waals surface area contributed by atoms with E-state index in [1.54, 1.807) is 11.6 Å². The first-order chi connectivity index (χ1) is 8.07. The molecule has 0 spiro atoms. The van der Waals surface area contributed by atoms with Gasteiger partial charge in [0.1, 0.15) is 11.9 Å². The van der Waals surface area contributed by atoms with Crippen molar-refractivity contribution in [3.8, 4) is 0 Å². The molecule has 0 saturated carbocycles. The molecule has 0 aliphatic heterocycles. The molecule has 1 N–H and O–H groups in total. The van der Waals surface area contributed by atoms with Crippen molar-refractivity contribution < 1.29 is 5.11 Å². The Hall–Kier alpha value is -1.20. The maximum absolute atomic E-state index is 10.7. The molecule has 2 rings (SSSR count). The Kier molecular flexibility index (Phi) is 3.31. The van der Waals surface area contributed by atoms with Crippen LogP contribution in [0.2, 0.25) is 0 Å². The number of hydrogen-bond acceptors (Lipinski definition) is 3. The average Bonchev–Trinajstić information content (AvgIpc) is 2.78. The molecule has 1 unspecified atom stereocenters. The third-order valence-corrected chi connectivity index (χ3v) is 3.44. The van der Waals surface area contributed by atoms with E-state index >= 15 is 0 Å². The highest BCUT2D eigenvalue weighted by molar-refractivity contribution is 9.10. The van der Waals surface area contributed by atoms with Crippen LogP contribution in [0.5, 0.6) is 0 Å². The van der Waals surface area contributed by atoms with E-state index in [0.717, 1.165) is 10.0 Å². The molecule has 0 bridgehead atoms. The Balaban J connectivity index is 2.53. The molecule has 1 atom stereocenters. The number of hydrogen-bond donors (Lipinski definition) is 1. The summed E-state index contributed by atoms with van der Waals surface area (Å²) in [5.41, 5.74) is -0.380.